The van der Waals surface area contributed by atoms with Crippen molar-refractivity contribution in [3.05, 3.63) is 53.1 Å². The Morgan fingerprint density at radius 3 is 2.67 bits per heavy atom. The molecule has 4 rings (SSSR count). The summed E-state index contributed by atoms with van der Waals surface area (Å²) in [5.74, 6) is 0.646. The van der Waals surface area contributed by atoms with Gasteiger partial charge in [-0.3, -0.25) is 4.98 Å². The molecule has 3 heterocycles. The van der Waals surface area contributed by atoms with E-state index in [-0.39, 0.29) is 5.82 Å². The van der Waals surface area contributed by atoms with E-state index in [1.807, 2.05) is 13.0 Å². The summed E-state index contributed by atoms with van der Waals surface area (Å²) in [4.78, 5) is 7.70. The van der Waals surface area contributed by atoms with Crippen molar-refractivity contribution in [2.75, 3.05) is 13.1 Å². The molecule has 1 fully saturated rings. The van der Waals surface area contributed by atoms with Gasteiger partial charge in [-0.15, -0.1) is 0 Å². The van der Waals surface area contributed by atoms with E-state index in [1.165, 1.54) is 35.6 Å². The summed E-state index contributed by atoms with van der Waals surface area (Å²) in [7, 11) is 0. The number of benzene rings is 1. The van der Waals surface area contributed by atoms with Crippen LogP contribution in [-0.2, 0) is 6.42 Å². The molecule has 0 aliphatic carbocycles. The molecule has 0 spiro atoms. The van der Waals surface area contributed by atoms with E-state index in [4.69, 9.17) is 0 Å². The molecule has 0 unspecified atom stereocenters. The van der Waals surface area contributed by atoms with Crippen LogP contribution in [0.2, 0.25) is 0 Å². The molecule has 1 saturated heterocycles. The van der Waals surface area contributed by atoms with Gasteiger partial charge in [0.05, 0.1) is 11.9 Å². The van der Waals surface area contributed by atoms with Gasteiger partial charge >= 0.3 is 0 Å². The van der Waals surface area contributed by atoms with E-state index < -0.39 is 0 Å². The highest BCUT2D eigenvalue weighted by molar-refractivity contribution is 5.92. The minimum absolute atomic E-state index is 0.265. The fraction of sp³-hybridized carbons (Fsp3) is 0.435. The number of aromatic nitrogens is 2. The quantitative estimate of drug-likeness (QED) is 0.639. The van der Waals surface area contributed by atoms with Crippen molar-refractivity contribution >= 4 is 10.9 Å². The number of rotatable bonds is 4. The molecule has 0 saturated carbocycles. The van der Waals surface area contributed by atoms with Gasteiger partial charge in [0.1, 0.15) is 0 Å². The van der Waals surface area contributed by atoms with Crippen LogP contribution in [0.15, 0.2) is 30.5 Å². The third-order valence-corrected chi connectivity index (χ3v) is 5.79. The van der Waals surface area contributed by atoms with E-state index >= 15 is 0 Å². The van der Waals surface area contributed by atoms with Crippen LogP contribution in [0.1, 0.15) is 62.3 Å². The zero-order chi connectivity index (χ0) is 19.0. The Kier molecular flexibility index (Phi) is 5.00. The van der Waals surface area contributed by atoms with Gasteiger partial charge in [0.15, 0.2) is 5.82 Å². The average Bonchev–Trinajstić information content (AvgIpc) is 3.07. The first kappa shape index (κ1) is 18.2. The largest absolute Gasteiger partial charge is 0.354 e. The number of fused-ring (bicyclic) bond motifs is 1. The van der Waals surface area contributed by atoms with Crippen LogP contribution in [0.3, 0.4) is 0 Å². The first-order valence-corrected chi connectivity index (χ1v) is 10.1. The number of H-pyrrole nitrogens is 1. The highest BCUT2D eigenvalue weighted by atomic mass is 19.1. The normalized spacial score (nSPS) is 15.7. The Hall–Kier alpha value is -2.20. The fourth-order valence-corrected chi connectivity index (χ4v) is 4.32. The maximum Gasteiger partial charge on any atom is 0.150 e. The predicted molar refractivity (Wildman–Crippen MR) is 110 cm³/mol. The summed E-state index contributed by atoms with van der Waals surface area (Å²) in [6.45, 7) is 8.58. The topological polar surface area (TPSA) is 40.7 Å². The number of hydrogen-bond acceptors (Lipinski definition) is 2. The molecular formula is C23H28FN3. The average molecular weight is 365 g/mol. The maximum atomic E-state index is 14.6. The van der Waals surface area contributed by atoms with Crippen molar-refractivity contribution in [1.82, 2.24) is 15.3 Å². The zero-order valence-corrected chi connectivity index (χ0v) is 16.4. The minimum atomic E-state index is -0.265. The van der Waals surface area contributed by atoms with E-state index in [1.54, 1.807) is 0 Å². The van der Waals surface area contributed by atoms with Crippen LogP contribution < -0.4 is 5.32 Å². The van der Waals surface area contributed by atoms with E-state index in [9.17, 15) is 4.39 Å². The number of nitrogens with zero attached hydrogens (tertiary/aromatic N) is 1. The van der Waals surface area contributed by atoms with Gasteiger partial charge in [0.25, 0.3) is 0 Å². The highest BCUT2D eigenvalue weighted by Crippen LogP contribution is 2.38. The van der Waals surface area contributed by atoms with E-state index in [0.29, 0.717) is 17.4 Å². The highest BCUT2D eigenvalue weighted by Gasteiger charge is 2.21. The zero-order valence-electron chi connectivity index (χ0n) is 16.4. The van der Waals surface area contributed by atoms with Crippen LogP contribution in [-0.4, -0.2) is 23.1 Å². The molecule has 27 heavy (non-hydrogen) atoms. The summed E-state index contributed by atoms with van der Waals surface area (Å²) in [6, 6.07) is 8.63. The first-order chi connectivity index (χ1) is 13.1. The van der Waals surface area contributed by atoms with Gasteiger partial charge in [-0.2, -0.15) is 0 Å². The monoisotopic (exact) mass is 365 g/mol. The number of hydrogen-bond donors (Lipinski definition) is 2. The lowest BCUT2D eigenvalue weighted by molar-refractivity contribution is 0.460. The lowest BCUT2D eigenvalue weighted by Gasteiger charge is -2.23. The molecule has 2 N–H and O–H groups in total. The smallest absolute Gasteiger partial charge is 0.150 e. The first-order valence-electron chi connectivity index (χ1n) is 10.1. The maximum absolute atomic E-state index is 14.6. The molecule has 4 heteroatoms. The second-order valence-corrected chi connectivity index (χ2v) is 7.91. The van der Waals surface area contributed by atoms with E-state index in [0.717, 1.165) is 36.4 Å². The third-order valence-electron chi connectivity index (χ3n) is 5.79. The van der Waals surface area contributed by atoms with Crippen molar-refractivity contribution in [1.29, 1.82) is 0 Å². The number of aryl methyl sites for hydroxylation is 1. The van der Waals surface area contributed by atoms with Gasteiger partial charge in [0, 0.05) is 22.2 Å². The van der Waals surface area contributed by atoms with Crippen LogP contribution in [0.4, 0.5) is 4.39 Å². The molecule has 1 aromatic carbocycles. The Morgan fingerprint density at radius 2 is 1.96 bits per heavy atom. The standard InChI is InChI=1S/C23H28FN3/c1-4-17-12-18(20(24)13-26-17)23-22(14(2)3)19-11-16(5-6-21(19)27-23)15-7-9-25-10-8-15/h5-6,11-15,25,27H,4,7-10H2,1-3H3. The number of aromatic amines is 1. The third kappa shape index (κ3) is 3.39. The molecule has 2 aromatic heterocycles. The molecular weight excluding hydrogens is 337 g/mol. The van der Waals surface area contributed by atoms with Crippen LogP contribution in [0.25, 0.3) is 22.2 Å². The van der Waals surface area contributed by atoms with Crippen LogP contribution >= 0.6 is 0 Å². The number of halogens is 1. The van der Waals surface area contributed by atoms with Gasteiger partial charge < -0.3 is 10.3 Å². The summed E-state index contributed by atoms with van der Waals surface area (Å²) in [6.07, 6.45) is 4.51. The lowest BCUT2D eigenvalue weighted by atomic mass is 9.88. The molecule has 0 atom stereocenters. The molecule has 0 radical (unpaired) electrons. The Balaban J connectivity index is 1.87. The van der Waals surface area contributed by atoms with Crippen molar-refractivity contribution in [2.24, 2.45) is 0 Å². The Labute approximate surface area is 160 Å². The van der Waals surface area contributed by atoms with Gasteiger partial charge in [-0.05, 0) is 73.5 Å². The van der Waals surface area contributed by atoms with Gasteiger partial charge in [0.2, 0.25) is 0 Å². The second kappa shape index (κ2) is 7.43. The molecule has 0 amide bonds. The summed E-state index contributed by atoms with van der Waals surface area (Å²) in [5, 5.41) is 4.67. The second-order valence-electron chi connectivity index (χ2n) is 7.91. The summed E-state index contributed by atoms with van der Waals surface area (Å²) in [5.41, 5.74) is 6.13. The molecule has 3 aromatic rings. The van der Waals surface area contributed by atoms with Gasteiger partial charge in [-0.1, -0.05) is 26.8 Å². The predicted octanol–water partition coefficient (Wildman–Crippen LogP) is 5.52. The molecule has 3 nitrogen and oxygen atoms in total. The van der Waals surface area contributed by atoms with Crippen molar-refractivity contribution in [3.63, 3.8) is 0 Å². The van der Waals surface area contributed by atoms with Crippen LogP contribution in [0.5, 0.6) is 0 Å². The van der Waals surface area contributed by atoms with Crippen molar-refractivity contribution < 1.29 is 4.39 Å². The lowest BCUT2D eigenvalue weighted by Crippen LogP contribution is -2.26. The number of nitrogens with one attached hydrogen (secondary N) is 2. The molecule has 1 aliphatic heterocycles. The number of piperidine rings is 1. The van der Waals surface area contributed by atoms with Crippen LogP contribution in [0, 0.1) is 5.82 Å². The van der Waals surface area contributed by atoms with Crippen molar-refractivity contribution in [2.45, 2.75) is 51.9 Å². The Bertz CT molecular complexity index is 952. The van der Waals surface area contributed by atoms with Gasteiger partial charge in [-0.25, -0.2) is 4.39 Å². The Morgan fingerprint density at radius 1 is 1.19 bits per heavy atom. The fourth-order valence-electron chi connectivity index (χ4n) is 4.32. The minimum Gasteiger partial charge on any atom is -0.354 e. The molecule has 142 valence electrons. The molecule has 0 bridgehead atoms. The SMILES string of the molecule is CCc1cc(-c2[nH]c3ccc(C4CCNCC4)cc3c2C(C)C)c(F)cn1. The summed E-state index contributed by atoms with van der Waals surface area (Å²) < 4.78 is 14.6. The van der Waals surface area contributed by atoms with E-state index in [2.05, 4.69) is 47.3 Å². The number of pyridine rings is 1. The van der Waals surface area contributed by atoms with Crippen molar-refractivity contribution in [3.8, 4) is 11.3 Å². The summed E-state index contributed by atoms with van der Waals surface area (Å²) >= 11 is 0. The molecule has 1 aliphatic rings.